The van der Waals surface area contributed by atoms with Gasteiger partial charge in [-0.1, -0.05) is 30.3 Å². The third kappa shape index (κ3) is 5.72. The first kappa shape index (κ1) is 20.2. The second-order valence-corrected chi connectivity index (χ2v) is 6.38. The molecule has 3 aromatic carbocycles. The summed E-state index contributed by atoms with van der Waals surface area (Å²) in [7, 11) is 0. The van der Waals surface area contributed by atoms with Gasteiger partial charge in [0.2, 0.25) is 0 Å². The molecule has 29 heavy (non-hydrogen) atoms. The van der Waals surface area contributed by atoms with Gasteiger partial charge in [0.1, 0.15) is 11.5 Å². The molecule has 0 aromatic heterocycles. The molecule has 150 valence electrons. The monoisotopic (exact) mass is 393 g/mol. The van der Waals surface area contributed by atoms with E-state index in [9.17, 15) is 9.59 Å². The molecule has 0 saturated carbocycles. The van der Waals surface area contributed by atoms with Crippen molar-refractivity contribution < 1.29 is 23.8 Å². The molecule has 6 heteroatoms. The Hall–Kier alpha value is -3.54. The Balaban J connectivity index is 1.47. The van der Waals surface area contributed by atoms with Crippen molar-refractivity contribution in [2.45, 2.75) is 20.0 Å². The average Bonchev–Trinajstić information content (AvgIpc) is 2.73. The standard InChI is InChI=1S/C23H23NO5/c1-3-27-20-12-9-19(10-13-20)24-23(26)16(2)29-22(25)15-28-21-11-8-17-6-4-5-7-18(17)14-21/h4-14,16H,3,15H2,1-2H3,(H,24,26). The molecule has 3 aromatic rings. The molecule has 0 bridgehead atoms. The zero-order valence-electron chi connectivity index (χ0n) is 16.4. The van der Waals surface area contributed by atoms with Gasteiger partial charge in [0, 0.05) is 5.69 Å². The Morgan fingerprint density at radius 3 is 2.31 bits per heavy atom. The van der Waals surface area contributed by atoms with Crippen molar-refractivity contribution in [3.63, 3.8) is 0 Å². The molecular weight excluding hydrogens is 370 g/mol. The van der Waals surface area contributed by atoms with E-state index in [4.69, 9.17) is 14.2 Å². The van der Waals surface area contributed by atoms with Crippen LogP contribution in [0.2, 0.25) is 0 Å². The number of ether oxygens (including phenoxy) is 3. The number of hydrogen-bond acceptors (Lipinski definition) is 5. The van der Waals surface area contributed by atoms with Crippen molar-refractivity contribution >= 4 is 28.3 Å². The molecule has 0 aliphatic rings. The van der Waals surface area contributed by atoms with Crippen LogP contribution < -0.4 is 14.8 Å². The number of carbonyl (C=O) groups is 2. The van der Waals surface area contributed by atoms with Gasteiger partial charge in [-0.25, -0.2) is 4.79 Å². The van der Waals surface area contributed by atoms with E-state index in [0.29, 0.717) is 18.0 Å². The van der Waals surface area contributed by atoms with Crippen LogP contribution in [-0.2, 0) is 14.3 Å². The van der Waals surface area contributed by atoms with Gasteiger partial charge in [-0.05, 0) is 61.0 Å². The minimum atomic E-state index is -0.950. The molecule has 3 rings (SSSR count). The normalized spacial score (nSPS) is 11.5. The first-order valence-electron chi connectivity index (χ1n) is 9.40. The molecule has 0 heterocycles. The summed E-state index contributed by atoms with van der Waals surface area (Å²) in [6.07, 6.45) is -0.950. The van der Waals surface area contributed by atoms with Crippen molar-refractivity contribution in [3.8, 4) is 11.5 Å². The molecule has 0 aliphatic carbocycles. The summed E-state index contributed by atoms with van der Waals surface area (Å²) in [5.41, 5.74) is 0.591. The highest BCUT2D eigenvalue weighted by molar-refractivity contribution is 5.95. The van der Waals surface area contributed by atoms with E-state index < -0.39 is 18.0 Å². The van der Waals surface area contributed by atoms with Crippen LogP contribution in [0.25, 0.3) is 10.8 Å². The van der Waals surface area contributed by atoms with Crippen molar-refractivity contribution in [2.75, 3.05) is 18.5 Å². The minimum Gasteiger partial charge on any atom is -0.494 e. The number of rotatable bonds is 8. The van der Waals surface area contributed by atoms with Crippen LogP contribution in [0.5, 0.6) is 11.5 Å². The van der Waals surface area contributed by atoms with Crippen molar-refractivity contribution in [2.24, 2.45) is 0 Å². The highest BCUT2D eigenvalue weighted by Crippen LogP contribution is 2.20. The van der Waals surface area contributed by atoms with Crippen LogP contribution in [0, 0.1) is 0 Å². The number of anilines is 1. The van der Waals surface area contributed by atoms with E-state index in [-0.39, 0.29) is 6.61 Å². The van der Waals surface area contributed by atoms with Crippen molar-refractivity contribution in [1.82, 2.24) is 0 Å². The van der Waals surface area contributed by atoms with Gasteiger partial charge < -0.3 is 19.5 Å². The highest BCUT2D eigenvalue weighted by atomic mass is 16.6. The Bertz CT molecular complexity index is 984. The molecule has 1 atom stereocenters. The second kappa shape index (κ2) is 9.59. The molecule has 1 N–H and O–H groups in total. The SMILES string of the molecule is CCOc1ccc(NC(=O)C(C)OC(=O)COc2ccc3ccccc3c2)cc1. The van der Waals surface area contributed by atoms with E-state index >= 15 is 0 Å². The third-order valence-corrected chi connectivity index (χ3v) is 4.19. The van der Waals surface area contributed by atoms with Gasteiger partial charge in [-0.15, -0.1) is 0 Å². The summed E-state index contributed by atoms with van der Waals surface area (Å²) < 4.78 is 16.0. The van der Waals surface area contributed by atoms with Crippen molar-refractivity contribution in [3.05, 3.63) is 66.7 Å². The number of esters is 1. The van der Waals surface area contributed by atoms with Crippen LogP contribution in [0.15, 0.2) is 66.7 Å². The van der Waals surface area contributed by atoms with Gasteiger partial charge in [0.25, 0.3) is 5.91 Å². The zero-order valence-corrected chi connectivity index (χ0v) is 16.4. The fraction of sp³-hybridized carbons (Fsp3) is 0.217. The lowest BCUT2D eigenvalue weighted by Gasteiger charge is -2.14. The number of hydrogen-bond donors (Lipinski definition) is 1. The van der Waals surface area contributed by atoms with Gasteiger partial charge >= 0.3 is 5.97 Å². The Morgan fingerprint density at radius 2 is 1.59 bits per heavy atom. The molecule has 0 saturated heterocycles. The van der Waals surface area contributed by atoms with Gasteiger partial charge in [0.05, 0.1) is 6.61 Å². The van der Waals surface area contributed by atoms with Crippen LogP contribution in [-0.4, -0.2) is 31.2 Å². The van der Waals surface area contributed by atoms with E-state index in [2.05, 4.69) is 5.32 Å². The summed E-state index contributed by atoms with van der Waals surface area (Å²) in [6.45, 7) is 3.70. The van der Waals surface area contributed by atoms with Crippen molar-refractivity contribution in [1.29, 1.82) is 0 Å². The summed E-state index contributed by atoms with van der Waals surface area (Å²) in [6, 6.07) is 20.4. The van der Waals surface area contributed by atoms with E-state index in [1.165, 1.54) is 6.92 Å². The van der Waals surface area contributed by atoms with E-state index in [0.717, 1.165) is 16.5 Å². The fourth-order valence-corrected chi connectivity index (χ4v) is 2.73. The number of amides is 1. The quantitative estimate of drug-likeness (QED) is 0.581. The van der Waals surface area contributed by atoms with Crippen LogP contribution in [0.4, 0.5) is 5.69 Å². The number of carbonyl (C=O) groups excluding carboxylic acids is 2. The molecule has 1 unspecified atom stereocenters. The van der Waals surface area contributed by atoms with Gasteiger partial charge in [-0.3, -0.25) is 4.79 Å². The molecule has 1 amide bonds. The van der Waals surface area contributed by atoms with Crippen LogP contribution in [0.1, 0.15) is 13.8 Å². The third-order valence-electron chi connectivity index (χ3n) is 4.19. The maximum Gasteiger partial charge on any atom is 0.344 e. The molecular formula is C23H23NO5. The predicted molar refractivity (Wildman–Crippen MR) is 111 cm³/mol. The number of benzene rings is 3. The summed E-state index contributed by atoms with van der Waals surface area (Å²) in [5.74, 6) is 0.240. The summed E-state index contributed by atoms with van der Waals surface area (Å²) in [5, 5.41) is 4.80. The molecule has 0 spiro atoms. The van der Waals surface area contributed by atoms with Crippen LogP contribution >= 0.6 is 0 Å². The summed E-state index contributed by atoms with van der Waals surface area (Å²) >= 11 is 0. The topological polar surface area (TPSA) is 73.9 Å². The number of nitrogens with one attached hydrogen (secondary N) is 1. The fourth-order valence-electron chi connectivity index (χ4n) is 2.73. The Morgan fingerprint density at radius 1 is 0.897 bits per heavy atom. The lowest BCUT2D eigenvalue weighted by molar-refractivity contribution is -0.155. The van der Waals surface area contributed by atoms with Gasteiger partial charge in [-0.2, -0.15) is 0 Å². The Labute approximate surface area is 169 Å². The van der Waals surface area contributed by atoms with E-state index in [1.807, 2.05) is 43.3 Å². The largest absolute Gasteiger partial charge is 0.494 e. The average molecular weight is 393 g/mol. The maximum atomic E-state index is 12.2. The second-order valence-electron chi connectivity index (χ2n) is 6.38. The molecule has 0 fully saturated rings. The molecule has 6 nitrogen and oxygen atoms in total. The highest BCUT2D eigenvalue weighted by Gasteiger charge is 2.18. The number of fused-ring (bicyclic) bond motifs is 1. The smallest absolute Gasteiger partial charge is 0.344 e. The molecule has 0 aliphatic heterocycles. The Kier molecular flexibility index (Phi) is 6.68. The first-order valence-corrected chi connectivity index (χ1v) is 9.40. The zero-order chi connectivity index (χ0) is 20.6. The lowest BCUT2D eigenvalue weighted by Crippen LogP contribution is -2.31. The summed E-state index contributed by atoms with van der Waals surface area (Å²) in [4.78, 5) is 24.2. The molecule has 0 radical (unpaired) electrons. The predicted octanol–water partition coefficient (Wildman–Crippen LogP) is 4.19. The first-order chi connectivity index (χ1) is 14.0. The van der Waals surface area contributed by atoms with Crippen LogP contribution in [0.3, 0.4) is 0 Å². The van der Waals surface area contributed by atoms with E-state index in [1.54, 1.807) is 30.3 Å². The van der Waals surface area contributed by atoms with Gasteiger partial charge in [0.15, 0.2) is 12.7 Å². The minimum absolute atomic E-state index is 0.279. The maximum absolute atomic E-state index is 12.2. The lowest BCUT2D eigenvalue weighted by atomic mass is 10.1.